The second-order valence-corrected chi connectivity index (χ2v) is 23.0. The molecule has 0 aromatic heterocycles. The molecule has 1 unspecified atom stereocenters. The molecular weight excluding hydrogens is 764 g/mol. The minimum atomic E-state index is -4.60. The largest absolute Gasteiger partial charge is 0.446 e. The van der Waals surface area contributed by atoms with E-state index in [4.69, 9.17) is 4.74 Å². The quantitative estimate of drug-likeness (QED) is 0.201. The van der Waals surface area contributed by atoms with Crippen molar-refractivity contribution in [3.8, 4) is 0 Å². The molecule has 10 aliphatic carbocycles. The summed E-state index contributed by atoms with van der Waals surface area (Å²) in [6, 6.07) is 4.80. The maximum atomic E-state index is 15.0. The highest BCUT2D eigenvalue weighted by molar-refractivity contribution is 6.10. The van der Waals surface area contributed by atoms with Gasteiger partial charge in [-0.2, -0.15) is 13.2 Å². The van der Waals surface area contributed by atoms with E-state index in [9.17, 15) is 28.2 Å². The zero-order valence-electron chi connectivity index (χ0n) is 37.1. The van der Waals surface area contributed by atoms with Crippen LogP contribution in [-0.2, 0) is 10.9 Å². The first-order valence-electron chi connectivity index (χ1n) is 23.6. The zero-order valence-corrected chi connectivity index (χ0v) is 37.1. The van der Waals surface area contributed by atoms with Gasteiger partial charge in [0.1, 0.15) is 6.10 Å². The van der Waals surface area contributed by atoms with Crippen LogP contribution in [0.3, 0.4) is 0 Å². The van der Waals surface area contributed by atoms with Crippen molar-refractivity contribution in [1.82, 2.24) is 4.90 Å². The summed E-state index contributed by atoms with van der Waals surface area (Å²) < 4.78 is 48.8. The number of Topliss-reactive ketones (excluding diaryl/α,β-unsaturated/α-hetero) is 1. The Morgan fingerprint density at radius 2 is 1.63 bits per heavy atom. The lowest BCUT2D eigenvalue weighted by Crippen LogP contribution is -2.67. The van der Waals surface area contributed by atoms with Gasteiger partial charge >= 0.3 is 12.3 Å². The van der Waals surface area contributed by atoms with Gasteiger partial charge in [-0.15, -0.1) is 0 Å². The van der Waals surface area contributed by atoms with E-state index >= 15 is 4.79 Å². The van der Waals surface area contributed by atoms with Crippen LogP contribution in [0.1, 0.15) is 148 Å². The van der Waals surface area contributed by atoms with Crippen molar-refractivity contribution in [2.24, 2.45) is 74.4 Å². The highest BCUT2D eigenvalue weighted by Crippen LogP contribution is 2.78. The van der Waals surface area contributed by atoms with Crippen LogP contribution in [0.5, 0.6) is 0 Å². The SMILES string of the molecule is CC(C)[C@H]1CC[C@H](C)C[C@@H]1OC(=O)N(C[C@@H]1CC[C@H]2C[C@@H]1C2(C)C)C[C@]1(O)CC[C@H]2[C@]34C=C[C@@]5(C=C3C(=O)c3cccc(C(F)(F)F)c3)CC(O)CC[C@]5(C)[C@H]4CC[C@@]21C. The number of halogens is 3. The summed E-state index contributed by atoms with van der Waals surface area (Å²) in [5.74, 6) is 2.09. The fourth-order valence-corrected chi connectivity index (χ4v) is 16.0. The van der Waals surface area contributed by atoms with Crippen LogP contribution >= 0.6 is 0 Å². The summed E-state index contributed by atoms with van der Waals surface area (Å²) in [5, 5.41) is 24.5. The molecule has 7 fully saturated rings. The first-order chi connectivity index (χ1) is 28.1. The van der Waals surface area contributed by atoms with Crippen molar-refractivity contribution in [2.45, 2.75) is 156 Å². The lowest BCUT2D eigenvalue weighted by Gasteiger charge is -2.71. The number of hydrogen-bond acceptors (Lipinski definition) is 5. The van der Waals surface area contributed by atoms with E-state index < -0.39 is 45.5 Å². The highest BCUT2D eigenvalue weighted by Gasteiger charge is 2.75. The van der Waals surface area contributed by atoms with Crippen molar-refractivity contribution in [3.63, 3.8) is 0 Å². The number of fused-ring (bicyclic) bond motifs is 3. The first-order valence-corrected chi connectivity index (χ1v) is 23.6. The predicted octanol–water partition coefficient (Wildman–Crippen LogP) is 11.5. The molecule has 60 heavy (non-hydrogen) atoms. The van der Waals surface area contributed by atoms with E-state index in [2.05, 4.69) is 60.6 Å². The summed E-state index contributed by atoms with van der Waals surface area (Å²) in [4.78, 5) is 31.8. The summed E-state index contributed by atoms with van der Waals surface area (Å²) in [6.45, 7) is 16.6. The summed E-state index contributed by atoms with van der Waals surface area (Å²) >= 11 is 0. The molecule has 0 saturated heterocycles. The Labute approximate surface area is 356 Å². The van der Waals surface area contributed by atoms with Gasteiger partial charge in [0.2, 0.25) is 0 Å². The molecule has 330 valence electrons. The van der Waals surface area contributed by atoms with E-state index in [0.717, 1.165) is 63.0 Å². The van der Waals surface area contributed by atoms with E-state index in [1.807, 2.05) is 11.0 Å². The lowest BCUT2D eigenvalue weighted by atomic mass is 9.32. The van der Waals surface area contributed by atoms with Crippen molar-refractivity contribution in [2.75, 3.05) is 13.1 Å². The Morgan fingerprint density at radius 1 is 0.917 bits per heavy atom. The number of alkyl halides is 3. The molecule has 2 spiro atoms. The van der Waals surface area contributed by atoms with Crippen LogP contribution in [0.15, 0.2) is 48.1 Å². The van der Waals surface area contributed by atoms with Crippen LogP contribution in [0.4, 0.5) is 18.0 Å². The van der Waals surface area contributed by atoms with Gasteiger partial charge in [0, 0.05) is 33.9 Å². The van der Waals surface area contributed by atoms with Gasteiger partial charge in [0.05, 0.1) is 23.8 Å². The zero-order chi connectivity index (χ0) is 43.0. The van der Waals surface area contributed by atoms with Gasteiger partial charge in [-0.05, 0) is 147 Å². The molecule has 1 aromatic carbocycles. The summed E-state index contributed by atoms with van der Waals surface area (Å²) in [6.07, 6.45) is 11.6. The number of allylic oxidation sites excluding steroid dienone is 4. The predicted molar refractivity (Wildman–Crippen MR) is 226 cm³/mol. The number of rotatable bonds is 8. The molecule has 9 heteroatoms. The first kappa shape index (κ1) is 42.6. The van der Waals surface area contributed by atoms with Crippen LogP contribution in [-0.4, -0.2) is 57.9 Å². The molecule has 14 atom stereocenters. The molecule has 1 aromatic rings. The van der Waals surface area contributed by atoms with E-state index in [1.165, 1.54) is 18.6 Å². The third-order valence-corrected chi connectivity index (χ3v) is 19.8. The Morgan fingerprint density at radius 3 is 2.33 bits per heavy atom. The molecule has 10 aliphatic rings. The molecule has 11 rings (SSSR count). The number of benzene rings is 1. The molecule has 7 saturated carbocycles. The summed E-state index contributed by atoms with van der Waals surface area (Å²) in [7, 11) is 0. The number of aliphatic hydroxyl groups excluding tert-OH is 1. The normalized spacial score (nSPS) is 44.9. The average molecular weight is 834 g/mol. The Balaban J connectivity index is 1.09. The maximum absolute atomic E-state index is 15.0. The second-order valence-electron chi connectivity index (χ2n) is 23.0. The molecule has 0 heterocycles. The van der Waals surface area contributed by atoms with Gasteiger partial charge in [-0.25, -0.2) is 4.79 Å². The number of carbonyl (C=O) groups excluding carboxylic acids is 2. The molecule has 2 N–H and O–H groups in total. The minimum Gasteiger partial charge on any atom is -0.446 e. The summed E-state index contributed by atoms with van der Waals surface area (Å²) in [5.41, 5.74) is -3.81. The van der Waals surface area contributed by atoms with Crippen LogP contribution < -0.4 is 0 Å². The fraction of sp³-hybridized carbons (Fsp3) is 0.765. The lowest BCUT2D eigenvalue weighted by molar-refractivity contribution is -0.177. The second kappa shape index (κ2) is 14.2. The minimum absolute atomic E-state index is 0.00367. The molecule has 0 radical (unpaired) electrons. The highest BCUT2D eigenvalue weighted by atomic mass is 19.4. The molecular formula is C51H70F3NO5. The topological polar surface area (TPSA) is 87.1 Å². The number of ether oxygens (including phenoxy) is 1. The number of hydrogen-bond donors (Lipinski definition) is 2. The van der Waals surface area contributed by atoms with Gasteiger partial charge in [-0.1, -0.05) is 85.2 Å². The van der Waals surface area contributed by atoms with Gasteiger partial charge in [0.25, 0.3) is 0 Å². The van der Waals surface area contributed by atoms with E-state index in [-0.39, 0.29) is 52.9 Å². The number of ketones is 1. The maximum Gasteiger partial charge on any atom is 0.416 e. The van der Waals surface area contributed by atoms with E-state index in [0.29, 0.717) is 67.9 Å². The van der Waals surface area contributed by atoms with Gasteiger partial charge in [0.15, 0.2) is 5.78 Å². The monoisotopic (exact) mass is 834 g/mol. The molecule has 4 bridgehead atoms. The molecule has 1 amide bonds. The number of amides is 1. The number of nitrogens with zero attached hydrogens (tertiary/aromatic N) is 1. The van der Waals surface area contributed by atoms with Crippen LogP contribution in [0.2, 0.25) is 0 Å². The average Bonchev–Trinajstić information content (AvgIpc) is 3.46. The standard InChI is InChI=1S/C51H70F3NO5/c1-30(2)37-14-11-31(3)23-40(37)60-44(58)55(28-33-12-13-34-25-38(33)45(34,4)5)29-49(59)20-17-42-47(49,7)19-16-41-46(6)18-15-36(56)26-48(46)21-22-50(41,42)39(27-48)43(57)32-9-8-10-35(24-32)51(52,53)54/h8-10,21-22,24,27,30-31,33-34,36-38,40-42,56,59H,11-20,23,25-26,28-29H2,1-7H3/t31-,33-,34-,36?,37+,38-,40-,41+,42+,46+,47-,48-,49+,50+/m0/s1. The van der Waals surface area contributed by atoms with Gasteiger partial charge in [-0.3, -0.25) is 4.79 Å². The number of carbonyl (C=O) groups is 2. The van der Waals surface area contributed by atoms with E-state index in [1.54, 1.807) is 0 Å². The third-order valence-electron chi connectivity index (χ3n) is 19.8. The smallest absolute Gasteiger partial charge is 0.416 e. The van der Waals surface area contributed by atoms with Crippen LogP contribution in [0.25, 0.3) is 0 Å². The number of aliphatic hydroxyl groups is 2. The van der Waals surface area contributed by atoms with Crippen LogP contribution in [0, 0.1) is 74.4 Å². The van der Waals surface area contributed by atoms with Gasteiger partial charge < -0.3 is 19.8 Å². The Bertz CT molecular complexity index is 1950. The molecule has 6 nitrogen and oxygen atoms in total. The van der Waals surface area contributed by atoms with Crippen molar-refractivity contribution in [3.05, 3.63) is 59.2 Å². The fourth-order valence-electron chi connectivity index (χ4n) is 16.0. The van der Waals surface area contributed by atoms with Crippen molar-refractivity contribution < 1.29 is 37.7 Å². The Hall–Kier alpha value is -2.65. The van der Waals surface area contributed by atoms with Crippen molar-refractivity contribution >= 4 is 11.9 Å². The third kappa shape index (κ3) is 6.13. The van der Waals surface area contributed by atoms with Crippen molar-refractivity contribution in [1.29, 1.82) is 0 Å². The Kier molecular flexibility index (Phi) is 10.1. The molecule has 0 aliphatic heterocycles.